The molecule has 1 heterocycles. The SMILES string of the molecule is CN1CCN(NS(=O)(=O)c2ccc(Cl)c(CO)c2)CC1. The van der Waals surface area contributed by atoms with Crippen molar-refractivity contribution in [2.75, 3.05) is 33.2 Å². The van der Waals surface area contributed by atoms with Crippen molar-refractivity contribution in [1.82, 2.24) is 14.7 Å². The zero-order valence-corrected chi connectivity index (χ0v) is 12.8. The van der Waals surface area contributed by atoms with Gasteiger partial charge in [-0.15, -0.1) is 4.83 Å². The number of nitrogens with zero attached hydrogens (tertiary/aromatic N) is 2. The van der Waals surface area contributed by atoms with Crippen molar-refractivity contribution in [2.45, 2.75) is 11.5 Å². The third-order valence-corrected chi connectivity index (χ3v) is 4.99. The van der Waals surface area contributed by atoms with E-state index in [1.807, 2.05) is 7.05 Å². The van der Waals surface area contributed by atoms with Gasteiger partial charge in [-0.1, -0.05) is 11.6 Å². The van der Waals surface area contributed by atoms with Crippen LogP contribution in [0.25, 0.3) is 0 Å². The van der Waals surface area contributed by atoms with Gasteiger partial charge in [-0.2, -0.15) is 0 Å². The van der Waals surface area contributed by atoms with Gasteiger partial charge in [0.15, 0.2) is 0 Å². The summed E-state index contributed by atoms with van der Waals surface area (Å²) in [7, 11) is -1.64. The maximum atomic E-state index is 12.3. The molecule has 6 nitrogen and oxygen atoms in total. The van der Waals surface area contributed by atoms with E-state index in [4.69, 9.17) is 16.7 Å². The van der Waals surface area contributed by atoms with E-state index in [9.17, 15) is 8.42 Å². The van der Waals surface area contributed by atoms with Gasteiger partial charge in [-0.3, -0.25) is 0 Å². The molecule has 0 atom stereocenters. The van der Waals surface area contributed by atoms with E-state index in [1.165, 1.54) is 18.2 Å². The molecule has 1 fully saturated rings. The maximum absolute atomic E-state index is 12.3. The lowest BCUT2D eigenvalue weighted by Gasteiger charge is -2.32. The minimum Gasteiger partial charge on any atom is -0.392 e. The Balaban J connectivity index is 2.14. The van der Waals surface area contributed by atoms with Crippen LogP contribution in [0.1, 0.15) is 5.56 Å². The lowest BCUT2D eigenvalue weighted by atomic mass is 10.2. The molecular weight excluding hydrogens is 302 g/mol. The first-order valence-electron chi connectivity index (χ1n) is 6.27. The fourth-order valence-corrected chi connectivity index (χ4v) is 3.31. The molecule has 1 saturated heterocycles. The minimum absolute atomic E-state index is 0.102. The molecule has 1 aliphatic rings. The molecular formula is C12H18ClN3O3S. The second-order valence-corrected chi connectivity index (χ2v) is 6.86. The number of aliphatic hydroxyl groups excluding tert-OH is 1. The highest BCUT2D eigenvalue weighted by molar-refractivity contribution is 7.89. The Bertz CT molecular complexity index is 571. The van der Waals surface area contributed by atoms with E-state index < -0.39 is 10.0 Å². The van der Waals surface area contributed by atoms with Crippen LogP contribution in [0.2, 0.25) is 5.02 Å². The quantitative estimate of drug-likeness (QED) is 0.833. The number of halogens is 1. The summed E-state index contributed by atoms with van der Waals surface area (Å²) in [5.41, 5.74) is 0.396. The van der Waals surface area contributed by atoms with E-state index in [0.717, 1.165) is 13.1 Å². The van der Waals surface area contributed by atoms with Crippen molar-refractivity contribution in [3.63, 3.8) is 0 Å². The smallest absolute Gasteiger partial charge is 0.253 e. The molecule has 0 saturated carbocycles. The summed E-state index contributed by atoms with van der Waals surface area (Å²) in [6, 6.07) is 4.30. The Morgan fingerprint density at radius 2 is 1.95 bits per heavy atom. The van der Waals surface area contributed by atoms with Crippen molar-refractivity contribution < 1.29 is 13.5 Å². The maximum Gasteiger partial charge on any atom is 0.253 e. The van der Waals surface area contributed by atoms with E-state index in [2.05, 4.69) is 9.73 Å². The van der Waals surface area contributed by atoms with Crippen LogP contribution in [0.4, 0.5) is 0 Å². The lowest BCUT2D eigenvalue weighted by molar-refractivity contribution is 0.135. The molecule has 1 aliphatic heterocycles. The average Bonchev–Trinajstić information content (AvgIpc) is 2.41. The van der Waals surface area contributed by atoms with Crippen LogP contribution in [0.15, 0.2) is 23.1 Å². The van der Waals surface area contributed by atoms with Gasteiger partial charge in [0.05, 0.1) is 11.5 Å². The standard InChI is InChI=1S/C12H18ClN3O3S/c1-15-4-6-16(7-5-15)14-20(18,19)11-2-3-12(13)10(8-11)9-17/h2-3,8,14,17H,4-7,9H2,1H3. The highest BCUT2D eigenvalue weighted by Gasteiger charge is 2.22. The Morgan fingerprint density at radius 1 is 1.30 bits per heavy atom. The van der Waals surface area contributed by atoms with Gasteiger partial charge in [0, 0.05) is 31.2 Å². The monoisotopic (exact) mass is 319 g/mol. The zero-order chi connectivity index (χ0) is 14.8. The molecule has 0 radical (unpaired) electrons. The third-order valence-electron chi connectivity index (χ3n) is 3.25. The third kappa shape index (κ3) is 3.69. The summed E-state index contributed by atoms with van der Waals surface area (Å²) in [5.74, 6) is 0. The number of aliphatic hydroxyl groups is 1. The molecule has 0 aliphatic carbocycles. The number of sulfonamides is 1. The van der Waals surface area contributed by atoms with E-state index in [1.54, 1.807) is 5.01 Å². The predicted molar refractivity (Wildman–Crippen MR) is 76.8 cm³/mol. The summed E-state index contributed by atoms with van der Waals surface area (Å²) < 4.78 is 24.5. The van der Waals surface area contributed by atoms with Crippen molar-refractivity contribution in [2.24, 2.45) is 0 Å². The van der Waals surface area contributed by atoms with Gasteiger partial charge in [0.1, 0.15) is 0 Å². The first-order chi connectivity index (χ1) is 9.42. The van der Waals surface area contributed by atoms with Gasteiger partial charge in [-0.25, -0.2) is 13.4 Å². The second-order valence-electron chi connectivity index (χ2n) is 4.80. The Morgan fingerprint density at radius 3 is 2.55 bits per heavy atom. The van der Waals surface area contributed by atoms with E-state index >= 15 is 0 Å². The van der Waals surface area contributed by atoms with Gasteiger partial charge in [0.2, 0.25) is 0 Å². The van der Waals surface area contributed by atoms with Crippen molar-refractivity contribution in [3.8, 4) is 0 Å². The number of rotatable bonds is 4. The molecule has 8 heteroatoms. The van der Waals surface area contributed by atoms with Crippen LogP contribution in [0.3, 0.4) is 0 Å². The molecule has 112 valence electrons. The minimum atomic E-state index is -3.64. The predicted octanol–water partition coefficient (Wildman–Crippen LogP) is 0.273. The molecule has 1 aromatic carbocycles. The summed E-state index contributed by atoms with van der Waals surface area (Å²) >= 11 is 5.86. The average molecular weight is 320 g/mol. The van der Waals surface area contributed by atoms with Crippen LogP contribution < -0.4 is 4.83 Å². The number of benzene rings is 1. The van der Waals surface area contributed by atoms with Crippen LogP contribution in [0, 0.1) is 0 Å². The topological polar surface area (TPSA) is 72.9 Å². The summed E-state index contributed by atoms with van der Waals surface area (Å²) in [5, 5.41) is 11.2. The normalized spacial score (nSPS) is 18.4. The number of hydrogen-bond acceptors (Lipinski definition) is 5. The van der Waals surface area contributed by atoms with Crippen LogP contribution in [0.5, 0.6) is 0 Å². The highest BCUT2D eigenvalue weighted by atomic mass is 35.5. The fourth-order valence-electron chi connectivity index (χ4n) is 1.96. The molecule has 0 spiro atoms. The van der Waals surface area contributed by atoms with Crippen molar-refractivity contribution in [3.05, 3.63) is 28.8 Å². The molecule has 0 aromatic heterocycles. The molecule has 0 bridgehead atoms. The highest BCUT2D eigenvalue weighted by Crippen LogP contribution is 2.20. The molecule has 0 amide bonds. The van der Waals surface area contributed by atoms with Gasteiger partial charge in [0.25, 0.3) is 10.0 Å². The Kier molecular flexibility index (Phi) is 5.00. The Hall–Kier alpha value is -0.700. The van der Waals surface area contributed by atoms with Gasteiger partial charge < -0.3 is 10.0 Å². The van der Waals surface area contributed by atoms with Gasteiger partial charge in [-0.05, 0) is 30.8 Å². The number of likely N-dealkylation sites (N-methyl/N-ethyl adjacent to an activating group) is 1. The fraction of sp³-hybridized carbons (Fsp3) is 0.500. The van der Waals surface area contributed by atoms with Crippen LogP contribution >= 0.6 is 11.6 Å². The first kappa shape index (κ1) is 15.7. The number of hydrazine groups is 1. The van der Waals surface area contributed by atoms with Crippen molar-refractivity contribution in [1.29, 1.82) is 0 Å². The molecule has 1 aromatic rings. The van der Waals surface area contributed by atoms with Gasteiger partial charge >= 0.3 is 0 Å². The van der Waals surface area contributed by atoms with Crippen LogP contribution in [-0.2, 0) is 16.6 Å². The summed E-state index contributed by atoms with van der Waals surface area (Å²) in [6.45, 7) is 2.60. The van der Waals surface area contributed by atoms with Crippen molar-refractivity contribution >= 4 is 21.6 Å². The van der Waals surface area contributed by atoms with E-state index in [-0.39, 0.29) is 11.5 Å². The Labute approximate surface area is 124 Å². The summed E-state index contributed by atoms with van der Waals surface area (Å²) in [4.78, 5) is 4.79. The largest absolute Gasteiger partial charge is 0.392 e. The molecule has 0 unspecified atom stereocenters. The number of hydrogen-bond donors (Lipinski definition) is 2. The molecule has 2 N–H and O–H groups in total. The van der Waals surface area contributed by atoms with E-state index in [0.29, 0.717) is 23.7 Å². The number of nitrogens with one attached hydrogen (secondary N) is 1. The molecule has 2 rings (SSSR count). The second kappa shape index (κ2) is 6.38. The summed E-state index contributed by atoms with van der Waals surface area (Å²) in [6.07, 6.45) is 0. The molecule has 20 heavy (non-hydrogen) atoms. The lowest BCUT2D eigenvalue weighted by Crippen LogP contribution is -2.52. The van der Waals surface area contributed by atoms with Crippen LogP contribution in [-0.4, -0.2) is 56.7 Å². The first-order valence-corrected chi connectivity index (χ1v) is 8.14. The zero-order valence-electron chi connectivity index (χ0n) is 11.2. The number of piperazine rings is 1.